The van der Waals surface area contributed by atoms with Gasteiger partial charge in [-0.2, -0.15) is 0 Å². The third-order valence-corrected chi connectivity index (χ3v) is 6.38. The molecule has 0 fully saturated rings. The van der Waals surface area contributed by atoms with Crippen molar-refractivity contribution in [1.29, 1.82) is 0 Å². The molecule has 3 aromatic rings. The van der Waals surface area contributed by atoms with Crippen LogP contribution in [0.3, 0.4) is 0 Å². The molecule has 4 rings (SSSR count). The number of pyridine rings is 1. The molecule has 0 spiro atoms. The van der Waals surface area contributed by atoms with Crippen LogP contribution in [0.2, 0.25) is 5.02 Å². The summed E-state index contributed by atoms with van der Waals surface area (Å²) in [4.78, 5) is 18.7. The van der Waals surface area contributed by atoms with Crippen LogP contribution in [0.25, 0.3) is 10.4 Å². The molecule has 0 aliphatic carbocycles. The van der Waals surface area contributed by atoms with Crippen LogP contribution in [-0.2, 0) is 0 Å². The number of hydrogen-bond acceptors (Lipinski definition) is 3. The predicted molar refractivity (Wildman–Crippen MR) is 107 cm³/mol. The van der Waals surface area contributed by atoms with E-state index in [4.69, 9.17) is 11.6 Å². The van der Waals surface area contributed by atoms with Crippen molar-refractivity contribution in [3.05, 3.63) is 75.9 Å². The van der Waals surface area contributed by atoms with Crippen molar-refractivity contribution in [2.24, 2.45) is 5.41 Å². The molecule has 1 aliphatic heterocycles. The standard InChI is InChI=1S/C21H19ClN2OS/c1-21(2)12-24-20(25)19-16(18(21)14-3-5-15(22)6-4-14)11-17(26-19)13-7-9-23-10-8-13/h3-11,18H,12H2,1-2H3,(H,24,25). The van der Waals surface area contributed by atoms with Crippen molar-refractivity contribution in [2.45, 2.75) is 19.8 Å². The Bertz CT molecular complexity index is 948. The van der Waals surface area contributed by atoms with Crippen molar-refractivity contribution in [3.8, 4) is 10.4 Å². The van der Waals surface area contributed by atoms with E-state index >= 15 is 0 Å². The zero-order chi connectivity index (χ0) is 18.3. The molecule has 1 atom stereocenters. The molecule has 3 nitrogen and oxygen atoms in total. The van der Waals surface area contributed by atoms with Crippen molar-refractivity contribution in [2.75, 3.05) is 6.54 Å². The van der Waals surface area contributed by atoms with Crippen LogP contribution in [0.1, 0.15) is 40.6 Å². The summed E-state index contributed by atoms with van der Waals surface area (Å²) in [5.41, 5.74) is 3.23. The summed E-state index contributed by atoms with van der Waals surface area (Å²) in [7, 11) is 0. The quantitative estimate of drug-likeness (QED) is 0.647. The number of amides is 1. The van der Waals surface area contributed by atoms with Gasteiger partial charge in [0.05, 0.1) is 4.88 Å². The molecule has 1 N–H and O–H groups in total. The molecule has 1 amide bonds. The molecule has 0 bridgehead atoms. The average Bonchev–Trinajstić information content (AvgIpc) is 3.03. The Hall–Kier alpha value is -2.17. The number of benzene rings is 1. The van der Waals surface area contributed by atoms with Gasteiger partial charge in [0.2, 0.25) is 0 Å². The van der Waals surface area contributed by atoms with Gasteiger partial charge in [0.1, 0.15) is 0 Å². The highest BCUT2D eigenvalue weighted by atomic mass is 35.5. The van der Waals surface area contributed by atoms with E-state index in [9.17, 15) is 4.79 Å². The van der Waals surface area contributed by atoms with E-state index in [1.807, 2.05) is 24.3 Å². The lowest BCUT2D eigenvalue weighted by Gasteiger charge is -2.33. The minimum absolute atomic E-state index is 0.00912. The lowest BCUT2D eigenvalue weighted by atomic mass is 9.72. The van der Waals surface area contributed by atoms with Crippen LogP contribution in [0.5, 0.6) is 0 Å². The zero-order valence-electron chi connectivity index (χ0n) is 14.6. The number of fused-ring (bicyclic) bond motifs is 1. The van der Waals surface area contributed by atoms with E-state index in [1.54, 1.807) is 23.7 Å². The summed E-state index contributed by atoms with van der Waals surface area (Å²) in [6.45, 7) is 5.03. The molecule has 26 heavy (non-hydrogen) atoms. The van der Waals surface area contributed by atoms with Gasteiger partial charge in [-0.05, 0) is 52.4 Å². The van der Waals surface area contributed by atoms with Gasteiger partial charge in [-0.3, -0.25) is 9.78 Å². The van der Waals surface area contributed by atoms with E-state index in [1.165, 1.54) is 5.56 Å². The lowest BCUT2D eigenvalue weighted by molar-refractivity contribution is 0.0947. The van der Waals surface area contributed by atoms with E-state index < -0.39 is 0 Å². The zero-order valence-corrected chi connectivity index (χ0v) is 16.2. The van der Waals surface area contributed by atoms with E-state index in [-0.39, 0.29) is 17.2 Å². The van der Waals surface area contributed by atoms with Gasteiger partial charge in [-0.25, -0.2) is 0 Å². The first kappa shape index (κ1) is 17.3. The van der Waals surface area contributed by atoms with Crippen molar-refractivity contribution in [3.63, 3.8) is 0 Å². The Morgan fingerprint density at radius 2 is 1.85 bits per heavy atom. The van der Waals surface area contributed by atoms with Gasteiger partial charge in [0.25, 0.3) is 5.91 Å². The average molecular weight is 383 g/mol. The Labute approximate surface area is 162 Å². The fourth-order valence-electron chi connectivity index (χ4n) is 3.65. The molecule has 0 saturated carbocycles. The van der Waals surface area contributed by atoms with Crippen molar-refractivity contribution < 1.29 is 4.79 Å². The number of thiophene rings is 1. The van der Waals surface area contributed by atoms with Crippen molar-refractivity contribution >= 4 is 28.8 Å². The summed E-state index contributed by atoms with van der Waals surface area (Å²) >= 11 is 7.64. The summed E-state index contributed by atoms with van der Waals surface area (Å²) in [5, 5.41) is 3.82. The maximum Gasteiger partial charge on any atom is 0.261 e. The third-order valence-electron chi connectivity index (χ3n) is 4.93. The Balaban J connectivity index is 1.90. The second-order valence-electron chi connectivity index (χ2n) is 7.29. The summed E-state index contributed by atoms with van der Waals surface area (Å²) in [6.07, 6.45) is 3.56. The maximum absolute atomic E-state index is 12.7. The monoisotopic (exact) mass is 382 g/mol. The molecule has 2 aromatic heterocycles. The lowest BCUT2D eigenvalue weighted by Crippen LogP contribution is -2.34. The van der Waals surface area contributed by atoms with Crippen LogP contribution < -0.4 is 5.32 Å². The minimum atomic E-state index is -0.120. The minimum Gasteiger partial charge on any atom is -0.351 e. The SMILES string of the molecule is CC1(C)CNC(=O)c2sc(-c3ccncc3)cc2C1c1ccc(Cl)cc1. The second kappa shape index (κ2) is 6.53. The van der Waals surface area contributed by atoms with Gasteiger partial charge in [-0.15, -0.1) is 11.3 Å². The number of halogens is 1. The van der Waals surface area contributed by atoms with Crippen LogP contribution in [-0.4, -0.2) is 17.4 Å². The Morgan fingerprint density at radius 3 is 2.54 bits per heavy atom. The van der Waals surface area contributed by atoms with E-state index in [0.29, 0.717) is 6.54 Å². The van der Waals surface area contributed by atoms with Crippen LogP contribution in [0.15, 0.2) is 54.9 Å². The van der Waals surface area contributed by atoms with Crippen LogP contribution in [0.4, 0.5) is 0 Å². The van der Waals surface area contributed by atoms with Gasteiger partial charge < -0.3 is 5.32 Å². The van der Waals surface area contributed by atoms with Crippen molar-refractivity contribution in [1.82, 2.24) is 10.3 Å². The molecular weight excluding hydrogens is 364 g/mol. The fourth-order valence-corrected chi connectivity index (χ4v) is 4.90. The number of rotatable bonds is 2. The highest BCUT2D eigenvalue weighted by Crippen LogP contribution is 2.47. The van der Waals surface area contributed by atoms with Gasteiger partial charge in [0.15, 0.2) is 0 Å². The first-order valence-electron chi connectivity index (χ1n) is 8.53. The normalized spacial score (nSPS) is 18.7. The summed E-state index contributed by atoms with van der Waals surface area (Å²) in [6, 6.07) is 14.1. The Morgan fingerprint density at radius 1 is 1.15 bits per heavy atom. The topological polar surface area (TPSA) is 42.0 Å². The molecule has 0 saturated heterocycles. The van der Waals surface area contributed by atoms with Gasteiger partial charge >= 0.3 is 0 Å². The third kappa shape index (κ3) is 3.04. The number of carbonyl (C=O) groups is 1. The first-order chi connectivity index (χ1) is 12.5. The molecular formula is C21H19ClN2OS. The number of nitrogens with one attached hydrogen (secondary N) is 1. The smallest absolute Gasteiger partial charge is 0.261 e. The largest absolute Gasteiger partial charge is 0.351 e. The summed E-state index contributed by atoms with van der Waals surface area (Å²) < 4.78 is 0. The predicted octanol–water partition coefficient (Wildman–Crippen LogP) is 5.37. The number of aromatic nitrogens is 1. The molecule has 1 aliphatic rings. The molecule has 1 unspecified atom stereocenters. The molecule has 3 heterocycles. The highest BCUT2D eigenvalue weighted by Gasteiger charge is 2.39. The maximum atomic E-state index is 12.7. The Kier molecular flexibility index (Phi) is 4.33. The molecule has 0 radical (unpaired) electrons. The first-order valence-corrected chi connectivity index (χ1v) is 9.73. The second-order valence-corrected chi connectivity index (χ2v) is 8.78. The van der Waals surface area contributed by atoms with Crippen LogP contribution >= 0.6 is 22.9 Å². The number of nitrogens with zero attached hydrogens (tertiary/aromatic N) is 1. The van der Waals surface area contributed by atoms with E-state index in [0.717, 1.165) is 25.9 Å². The summed E-state index contributed by atoms with van der Waals surface area (Å²) in [5.74, 6) is 0.121. The van der Waals surface area contributed by atoms with Gasteiger partial charge in [0, 0.05) is 34.8 Å². The fraction of sp³-hybridized carbons (Fsp3) is 0.238. The molecule has 1 aromatic carbocycles. The molecule has 5 heteroatoms. The molecule has 132 valence electrons. The highest BCUT2D eigenvalue weighted by molar-refractivity contribution is 7.17. The van der Waals surface area contributed by atoms with E-state index in [2.05, 4.69) is 42.3 Å². The number of hydrogen-bond donors (Lipinski definition) is 1. The number of carbonyl (C=O) groups excluding carboxylic acids is 1. The van der Waals surface area contributed by atoms with Gasteiger partial charge in [-0.1, -0.05) is 37.6 Å². The van der Waals surface area contributed by atoms with Crippen LogP contribution in [0, 0.1) is 5.41 Å².